The minimum absolute atomic E-state index is 0.0437. The Morgan fingerprint density at radius 3 is 2.59 bits per heavy atom. The molecule has 0 amide bonds. The average molecular weight is 233 g/mol. The van der Waals surface area contributed by atoms with Crippen molar-refractivity contribution in [3.8, 4) is 0 Å². The molecule has 2 rings (SSSR count). The zero-order valence-electron chi connectivity index (χ0n) is 10.1. The summed E-state index contributed by atoms with van der Waals surface area (Å²) in [6.45, 7) is 5.92. The maximum Gasteiger partial charge on any atom is 0.356 e. The third kappa shape index (κ3) is 1.73. The highest BCUT2D eigenvalue weighted by Gasteiger charge is 2.25. The summed E-state index contributed by atoms with van der Waals surface area (Å²) in [6, 6.07) is 5.17. The Hall–Kier alpha value is -2.04. The predicted molar refractivity (Wildman–Crippen MR) is 65.3 cm³/mol. The maximum absolute atomic E-state index is 11.1. The van der Waals surface area contributed by atoms with Crippen molar-refractivity contribution in [3.05, 3.63) is 29.7 Å². The van der Waals surface area contributed by atoms with E-state index in [1.807, 2.05) is 20.8 Å². The van der Waals surface area contributed by atoms with Crippen LogP contribution in [0.15, 0.2) is 18.2 Å². The number of imidazole rings is 1. The van der Waals surface area contributed by atoms with Crippen molar-refractivity contribution in [2.24, 2.45) is 0 Å². The number of aromatic nitrogens is 2. The standard InChI is InChI=1S/C12H15N3O2/c1-12(2,3)11-14-9(10(16)17)7-5-4-6-8(13)15(7)11/h4-6H,13H2,1-3H3,(H,16,17). The molecule has 0 saturated carbocycles. The number of hydrogen-bond acceptors (Lipinski definition) is 3. The Morgan fingerprint density at radius 1 is 1.41 bits per heavy atom. The van der Waals surface area contributed by atoms with Crippen molar-refractivity contribution in [2.75, 3.05) is 5.73 Å². The van der Waals surface area contributed by atoms with E-state index in [4.69, 9.17) is 10.8 Å². The van der Waals surface area contributed by atoms with Crippen LogP contribution in [0.1, 0.15) is 37.1 Å². The summed E-state index contributed by atoms with van der Waals surface area (Å²) in [7, 11) is 0. The third-order valence-electron chi connectivity index (χ3n) is 2.57. The first-order valence-electron chi connectivity index (χ1n) is 5.33. The van der Waals surface area contributed by atoms with Gasteiger partial charge in [-0.25, -0.2) is 9.78 Å². The van der Waals surface area contributed by atoms with Crippen LogP contribution in [0.5, 0.6) is 0 Å². The SMILES string of the molecule is CC(C)(C)c1nc(C(=O)O)c2cccc(N)n12. The number of nitrogens with zero attached hydrogens (tertiary/aromatic N) is 2. The van der Waals surface area contributed by atoms with Gasteiger partial charge in [0.1, 0.15) is 11.6 Å². The number of hydrogen-bond donors (Lipinski definition) is 2. The van der Waals surface area contributed by atoms with E-state index in [0.717, 1.165) is 0 Å². The Morgan fingerprint density at radius 2 is 2.06 bits per heavy atom. The van der Waals surface area contributed by atoms with Crippen LogP contribution in [0, 0.1) is 0 Å². The van der Waals surface area contributed by atoms with Gasteiger partial charge in [0.25, 0.3) is 0 Å². The molecule has 0 fully saturated rings. The molecule has 0 aliphatic rings. The van der Waals surface area contributed by atoms with E-state index in [0.29, 0.717) is 17.2 Å². The van der Waals surface area contributed by atoms with Crippen molar-refractivity contribution in [1.82, 2.24) is 9.38 Å². The van der Waals surface area contributed by atoms with Gasteiger partial charge in [0.15, 0.2) is 5.69 Å². The smallest absolute Gasteiger partial charge is 0.356 e. The zero-order chi connectivity index (χ0) is 12.8. The van der Waals surface area contributed by atoms with Gasteiger partial charge in [0.05, 0.1) is 5.52 Å². The molecule has 0 aliphatic carbocycles. The Bertz CT molecular complexity index is 594. The summed E-state index contributed by atoms with van der Waals surface area (Å²) in [6.07, 6.45) is 0. The molecule has 0 aromatic carbocycles. The van der Waals surface area contributed by atoms with Crippen LogP contribution < -0.4 is 5.73 Å². The molecule has 0 radical (unpaired) electrons. The van der Waals surface area contributed by atoms with Crippen LogP contribution in [0.2, 0.25) is 0 Å². The molecule has 0 unspecified atom stereocenters. The molecular formula is C12H15N3O2. The number of rotatable bonds is 1. The van der Waals surface area contributed by atoms with E-state index in [1.165, 1.54) is 0 Å². The number of carboxylic acid groups (broad SMARTS) is 1. The molecule has 5 nitrogen and oxygen atoms in total. The number of carbonyl (C=O) groups is 1. The third-order valence-corrected chi connectivity index (χ3v) is 2.57. The lowest BCUT2D eigenvalue weighted by molar-refractivity contribution is 0.0693. The van der Waals surface area contributed by atoms with Gasteiger partial charge in [-0.1, -0.05) is 26.8 Å². The van der Waals surface area contributed by atoms with E-state index in [1.54, 1.807) is 22.6 Å². The Kier molecular flexibility index (Phi) is 2.34. The van der Waals surface area contributed by atoms with Gasteiger partial charge < -0.3 is 10.8 Å². The highest BCUT2D eigenvalue weighted by Crippen LogP contribution is 2.26. The van der Waals surface area contributed by atoms with Gasteiger partial charge in [0.2, 0.25) is 0 Å². The van der Waals surface area contributed by atoms with E-state index in [-0.39, 0.29) is 11.1 Å². The van der Waals surface area contributed by atoms with Gasteiger partial charge in [-0.05, 0) is 12.1 Å². The molecule has 90 valence electrons. The number of nitrogen functional groups attached to an aromatic ring is 1. The minimum atomic E-state index is -1.04. The molecule has 2 aromatic rings. The molecule has 0 bridgehead atoms. The number of pyridine rings is 1. The number of nitrogens with two attached hydrogens (primary N) is 1. The average Bonchev–Trinajstić information content (AvgIpc) is 2.57. The second kappa shape index (κ2) is 3.48. The summed E-state index contributed by atoms with van der Waals surface area (Å²) < 4.78 is 1.70. The number of anilines is 1. The van der Waals surface area contributed by atoms with Gasteiger partial charge >= 0.3 is 5.97 Å². The summed E-state index contributed by atoms with van der Waals surface area (Å²) in [4.78, 5) is 15.4. The molecule has 2 aromatic heterocycles. The fourth-order valence-corrected chi connectivity index (χ4v) is 1.82. The first-order valence-corrected chi connectivity index (χ1v) is 5.33. The van der Waals surface area contributed by atoms with Crippen molar-refractivity contribution in [3.63, 3.8) is 0 Å². The second-order valence-corrected chi connectivity index (χ2v) is 5.01. The van der Waals surface area contributed by atoms with Gasteiger partial charge in [0, 0.05) is 5.41 Å². The lowest BCUT2D eigenvalue weighted by atomic mass is 9.96. The van der Waals surface area contributed by atoms with E-state index >= 15 is 0 Å². The van der Waals surface area contributed by atoms with Gasteiger partial charge in [-0.3, -0.25) is 4.40 Å². The van der Waals surface area contributed by atoms with Crippen LogP contribution in [-0.2, 0) is 5.41 Å². The fraction of sp³-hybridized carbons (Fsp3) is 0.333. The van der Waals surface area contributed by atoms with Crippen LogP contribution >= 0.6 is 0 Å². The Labute approximate surface area is 98.9 Å². The van der Waals surface area contributed by atoms with Gasteiger partial charge in [-0.15, -0.1) is 0 Å². The molecule has 0 saturated heterocycles. The summed E-state index contributed by atoms with van der Waals surface area (Å²) in [5.74, 6) is 0.110. The zero-order valence-corrected chi connectivity index (χ0v) is 10.1. The predicted octanol–water partition coefficient (Wildman–Crippen LogP) is 1.91. The largest absolute Gasteiger partial charge is 0.476 e. The van der Waals surface area contributed by atoms with Crippen molar-refractivity contribution < 1.29 is 9.90 Å². The normalized spacial score (nSPS) is 11.9. The first kappa shape index (κ1) is 11.4. The summed E-state index contributed by atoms with van der Waals surface area (Å²) >= 11 is 0. The number of carboxylic acids is 1. The lowest BCUT2D eigenvalue weighted by Crippen LogP contribution is -2.17. The maximum atomic E-state index is 11.1. The number of fused-ring (bicyclic) bond motifs is 1. The van der Waals surface area contributed by atoms with E-state index in [2.05, 4.69) is 4.98 Å². The Balaban J connectivity index is 2.91. The van der Waals surface area contributed by atoms with Crippen molar-refractivity contribution in [2.45, 2.75) is 26.2 Å². The quantitative estimate of drug-likeness (QED) is 0.788. The highest BCUT2D eigenvalue weighted by atomic mass is 16.4. The summed E-state index contributed by atoms with van der Waals surface area (Å²) in [5, 5.41) is 9.14. The van der Waals surface area contributed by atoms with Crippen LogP contribution in [0.25, 0.3) is 5.52 Å². The van der Waals surface area contributed by atoms with Crippen LogP contribution in [-0.4, -0.2) is 20.5 Å². The molecule has 0 atom stereocenters. The van der Waals surface area contributed by atoms with Crippen LogP contribution in [0.3, 0.4) is 0 Å². The van der Waals surface area contributed by atoms with Gasteiger partial charge in [-0.2, -0.15) is 0 Å². The molecule has 0 aliphatic heterocycles. The topological polar surface area (TPSA) is 80.6 Å². The molecular weight excluding hydrogens is 218 g/mol. The van der Waals surface area contributed by atoms with Crippen molar-refractivity contribution >= 4 is 17.3 Å². The molecule has 5 heteroatoms. The first-order chi connectivity index (χ1) is 7.82. The molecule has 0 spiro atoms. The number of aromatic carboxylic acids is 1. The van der Waals surface area contributed by atoms with Crippen LogP contribution in [0.4, 0.5) is 5.82 Å². The minimum Gasteiger partial charge on any atom is -0.476 e. The molecule has 2 heterocycles. The van der Waals surface area contributed by atoms with Crippen molar-refractivity contribution in [1.29, 1.82) is 0 Å². The fourth-order valence-electron chi connectivity index (χ4n) is 1.82. The lowest BCUT2D eigenvalue weighted by Gasteiger charge is -2.17. The second-order valence-electron chi connectivity index (χ2n) is 5.01. The van der Waals surface area contributed by atoms with E-state index in [9.17, 15) is 4.79 Å². The monoisotopic (exact) mass is 233 g/mol. The molecule has 3 N–H and O–H groups in total. The summed E-state index contributed by atoms with van der Waals surface area (Å²) in [5.41, 5.74) is 6.20. The highest BCUT2D eigenvalue weighted by molar-refractivity contribution is 5.94. The molecule has 17 heavy (non-hydrogen) atoms. The van der Waals surface area contributed by atoms with E-state index < -0.39 is 5.97 Å².